The van der Waals surface area contributed by atoms with Gasteiger partial charge in [-0.3, -0.25) is 9.97 Å². The van der Waals surface area contributed by atoms with Crippen molar-refractivity contribution in [1.82, 2.24) is 15.3 Å². The van der Waals surface area contributed by atoms with Crippen LogP contribution in [0, 0.1) is 0 Å². The van der Waals surface area contributed by atoms with E-state index >= 15 is 0 Å². The van der Waals surface area contributed by atoms with Gasteiger partial charge < -0.3 is 10.1 Å². The van der Waals surface area contributed by atoms with E-state index < -0.39 is 0 Å². The molecule has 96 valence electrons. The van der Waals surface area contributed by atoms with E-state index in [4.69, 9.17) is 4.74 Å². The Kier molecular flexibility index (Phi) is 4.61. The van der Waals surface area contributed by atoms with Crippen LogP contribution in [0.25, 0.3) is 11.0 Å². The molecule has 4 nitrogen and oxygen atoms in total. The van der Waals surface area contributed by atoms with Crippen molar-refractivity contribution in [3.63, 3.8) is 0 Å². The number of nitrogens with one attached hydrogen (secondary N) is 1. The monoisotopic (exact) mass is 245 g/mol. The molecule has 1 aromatic carbocycles. The van der Waals surface area contributed by atoms with E-state index in [-0.39, 0.29) is 6.04 Å². The molecule has 0 aliphatic carbocycles. The third-order valence-electron chi connectivity index (χ3n) is 2.88. The van der Waals surface area contributed by atoms with Gasteiger partial charge in [-0.05, 0) is 24.6 Å². The average Bonchev–Trinajstić information content (AvgIpc) is 2.43. The fourth-order valence-electron chi connectivity index (χ4n) is 2.04. The second-order valence-electron chi connectivity index (χ2n) is 4.23. The van der Waals surface area contributed by atoms with E-state index in [1.807, 2.05) is 12.1 Å². The van der Waals surface area contributed by atoms with Gasteiger partial charge in [0.25, 0.3) is 0 Å². The number of ether oxygens (including phenoxy) is 1. The molecule has 0 bridgehead atoms. The molecule has 1 unspecified atom stereocenters. The smallest absolute Gasteiger partial charge is 0.0935 e. The Bertz CT molecular complexity index is 496. The highest BCUT2D eigenvalue weighted by Gasteiger charge is 2.14. The van der Waals surface area contributed by atoms with Crippen LogP contribution in [-0.2, 0) is 4.74 Å². The van der Waals surface area contributed by atoms with Crippen LogP contribution in [-0.4, -0.2) is 30.2 Å². The fourth-order valence-corrected chi connectivity index (χ4v) is 2.04. The van der Waals surface area contributed by atoms with Gasteiger partial charge in [-0.2, -0.15) is 0 Å². The van der Waals surface area contributed by atoms with Crippen molar-refractivity contribution < 1.29 is 4.74 Å². The number of methoxy groups -OCH3 is 1. The van der Waals surface area contributed by atoms with Crippen LogP contribution in [0.5, 0.6) is 0 Å². The molecule has 0 spiro atoms. The summed E-state index contributed by atoms with van der Waals surface area (Å²) in [4.78, 5) is 8.77. The van der Waals surface area contributed by atoms with Crippen LogP contribution >= 0.6 is 0 Å². The Morgan fingerprint density at radius 1 is 1.28 bits per heavy atom. The molecular weight excluding hydrogens is 226 g/mol. The van der Waals surface area contributed by atoms with Gasteiger partial charge in [0.05, 0.1) is 23.7 Å². The fraction of sp³-hybridized carbons (Fsp3) is 0.429. The average molecular weight is 245 g/mol. The minimum absolute atomic E-state index is 0.162. The van der Waals surface area contributed by atoms with Crippen molar-refractivity contribution in [2.75, 3.05) is 20.3 Å². The highest BCUT2D eigenvalue weighted by atomic mass is 16.5. The summed E-state index contributed by atoms with van der Waals surface area (Å²) in [6, 6.07) is 6.25. The first-order valence-electron chi connectivity index (χ1n) is 6.28. The van der Waals surface area contributed by atoms with Crippen molar-refractivity contribution in [3.8, 4) is 0 Å². The van der Waals surface area contributed by atoms with Gasteiger partial charge >= 0.3 is 0 Å². The van der Waals surface area contributed by atoms with E-state index in [1.54, 1.807) is 19.5 Å². The Morgan fingerprint density at radius 3 is 2.89 bits per heavy atom. The van der Waals surface area contributed by atoms with Gasteiger partial charge in [0.2, 0.25) is 0 Å². The van der Waals surface area contributed by atoms with Gasteiger partial charge in [-0.25, -0.2) is 0 Å². The zero-order valence-corrected chi connectivity index (χ0v) is 10.9. The summed E-state index contributed by atoms with van der Waals surface area (Å²) in [6.45, 7) is 3.75. The van der Waals surface area contributed by atoms with E-state index in [1.165, 1.54) is 0 Å². The maximum atomic E-state index is 5.29. The highest BCUT2D eigenvalue weighted by molar-refractivity contribution is 5.78. The summed E-state index contributed by atoms with van der Waals surface area (Å²) in [7, 11) is 1.72. The molecule has 18 heavy (non-hydrogen) atoms. The SMILES string of the molecule is CCCNC(COC)c1cccc2nccnc12. The molecule has 4 heteroatoms. The first kappa shape index (κ1) is 12.9. The largest absolute Gasteiger partial charge is 0.383 e. The molecule has 2 rings (SSSR count). The second-order valence-corrected chi connectivity index (χ2v) is 4.23. The summed E-state index contributed by atoms with van der Waals surface area (Å²) in [6.07, 6.45) is 4.54. The van der Waals surface area contributed by atoms with Gasteiger partial charge in [-0.1, -0.05) is 19.1 Å². The molecule has 1 atom stereocenters. The third-order valence-corrected chi connectivity index (χ3v) is 2.88. The van der Waals surface area contributed by atoms with Crippen molar-refractivity contribution in [2.24, 2.45) is 0 Å². The lowest BCUT2D eigenvalue weighted by Gasteiger charge is -2.19. The number of nitrogens with zero attached hydrogens (tertiary/aromatic N) is 2. The molecule has 0 aliphatic heterocycles. The Morgan fingerprint density at radius 2 is 2.11 bits per heavy atom. The van der Waals surface area contributed by atoms with E-state index in [2.05, 4.69) is 28.3 Å². The first-order chi connectivity index (χ1) is 8.86. The van der Waals surface area contributed by atoms with Crippen LogP contribution in [0.3, 0.4) is 0 Å². The predicted molar refractivity (Wildman–Crippen MR) is 72.4 cm³/mol. The van der Waals surface area contributed by atoms with Crippen molar-refractivity contribution >= 4 is 11.0 Å². The highest BCUT2D eigenvalue weighted by Crippen LogP contribution is 2.21. The van der Waals surface area contributed by atoms with Gasteiger partial charge in [0.15, 0.2) is 0 Å². The summed E-state index contributed by atoms with van der Waals surface area (Å²) < 4.78 is 5.29. The molecule has 0 saturated heterocycles. The summed E-state index contributed by atoms with van der Waals surface area (Å²) in [5.74, 6) is 0. The van der Waals surface area contributed by atoms with E-state index in [0.717, 1.165) is 29.6 Å². The lowest BCUT2D eigenvalue weighted by Crippen LogP contribution is -2.26. The molecule has 0 amide bonds. The van der Waals surface area contributed by atoms with E-state index in [9.17, 15) is 0 Å². The molecule has 1 N–H and O–H groups in total. The number of fused-ring (bicyclic) bond motifs is 1. The summed E-state index contributed by atoms with van der Waals surface area (Å²) in [5, 5.41) is 3.49. The molecule has 2 aromatic rings. The van der Waals surface area contributed by atoms with E-state index in [0.29, 0.717) is 6.61 Å². The second kappa shape index (κ2) is 6.42. The van der Waals surface area contributed by atoms with Crippen LogP contribution in [0.4, 0.5) is 0 Å². The number of para-hydroxylation sites is 1. The van der Waals surface area contributed by atoms with Crippen LogP contribution in [0.15, 0.2) is 30.6 Å². The topological polar surface area (TPSA) is 47.0 Å². The minimum atomic E-state index is 0.162. The molecule has 0 radical (unpaired) electrons. The predicted octanol–water partition coefficient (Wildman–Crippen LogP) is 2.32. The number of hydrogen-bond acceptors (Lipinski definition) is 4. The van der Waals surface area contributed by atoms with Crippen LogP contribution in [0.1, 0.15) is 24.9 Å². The minimum Gasteiger partial charge on any atom is -0.383 e. The molecule has 1 aromatic heterocycles. The zero-order chi connectivity index (χ0) is 12.8. The molecule has 0 saturated carbocycles. The quantitative estimate of drug-likeness (QED) is 0.848. The Hall–Kier alpha value is -1.52. The molecule has 1 heterocycles. The lowest BCUT2D eigenvalue weighted by molar-refractivity contribution is 0.167. The zero-order valence-electron chi connectivity index (χ0n) is 10.9. The number of aromatic nitrogens is 2. The maximum absolute atomic E-state index is 5.29. The number of rotatable bonds is 6. The normalized spacial score (nSPS) is 12.8. The van der Waals surface area contributed by atoms with Gasteiger partial charge in [0.1, 0.15) is 0 Å². The Labute approximate surface area is 107 Å². The van der Waals surface area contributed by atoms with Crippen molar-refractivity contribution in [2.45, 2.75) is 19.4 Å². The number of hydrogen-bond donors (Lipinski definition) is 1. The first-order valence-corrected chi connectivity index (χ1v) is 6.28. The summed E-state index contributed by atoms with van der Waals surface area (Å²) >= 11 is 0. The third kappa shape index (κ3) is 2.83. The number of benzene rings is 1. The maximum Gasteiger partial charge on any atom is 0.0935 e. The van der Waals surface area contributed by atoms with Crippen molar-refractivity contribution in [3.05, 3.63) is 36.2 Å². The summed E-state index contributed by atoms with van der Waals surface area (Å²) in [5.41, 5.74) is 3.02. The molecule has 0 aliphatic rings. The molecular formula is C14H19N3O. The lowest BCUT2D eigenvalue weighted by atomic mass is 10.1. The van der Waals surface area contributed by atoms with Crippen LogP contribution in [0.2, 0.25) is 0 Å². The standard InChI is InChI=1S/C14H19N3O/c1-3-7-15-13(10-18-2)11-5-4-6-12-14(11)17-9-8-16-12/h4-6,8-9,13,15H,3,7,10H2,1-2H3. The molecule has 0 fully saturated rings. The van der Waals surface area contributed by atoms with Gasteiger partial charge in [0, 0.05) is 19.5 Å². The van der Waals surface area contributed by atoms with Gasteiger partial charge in [-0.15, -0.1) is 0 Å². The van der Waals surface area contributed by atoms with Crippen molar-refractivity contribution in [1.29, 1.82) is 0 Å². The Balaban J connectivity index is 2.36. The van der Waals surface area contributed by atoms with Crippen LogP contribution < -0.4 is 5.32 Å².